The number of fused-ring (bicyclic) bond motifs is 1. The molecule has 0 aliphatic carbocycles. The molecule has 0 fully saturated rings. The highest BCUT2D eigenvalue weighted by molar-refractivity contribution is 9.10. The molecule has 2 aromatic rings. The minimum absolute atomic E-state index is 0.659. The van der Waals surface area contributed by atoms with Gasteiger partial charge in [-0.3, -0.25) is 0 Å². The molecule has 2 nitrogen and oxygen atoms in total. The molecule has 0 spiro atoms. The highest BCUT2D eigenvalue weighted by atomic mass is 79.9. The Morgan fingerprint density at radius 2 is 2.07 bits per heavy atom. The summed E-state index contributed by atoms with van der Waals surface area (Å²) in [6.07, 6.45) is 3.45. The SMILES string of the molecule is CC.[B]n1cc(C)c2c(Cl)c(Br)cnc21. The van der Waals surface area contributed by atoms with Crippen molar-refractivity contribution in [2.75, 3.05) is 0 Å². The van der Waals surface area contributed by atoms with Gasteiger partial charge in [0.15, 0.2) is 0 Å². The van der Waals surface area contributed by atoms with Crippen LogP contribution in [-0.4, -0.2) is 17.4 Å². The molecule has 0 saturated carbocycles. The second-order valence-corrected chi connectivity index (χ2v) is 4.07. The lowest BCUT2D eigenvalue weighted by molar-refractivity contribution is 1.23. The second-order valence-electron chi connectivity index (χ2n) is 2.84. The first-order valence-electron chi connectivity index (χ1n) is 4.68. The Bertz CT molecular complexity index is 482. The van der Waals surface area contributed by atoms with Gasteiger partial charge in [0.25, 0.3) is 0 Å². The van der Waals surface area contributed by atoms with E-state index in [1.165, 1.54) is 4.48 Å². The first kappa shape index (κ1) is 12.6. The fourth-order valence-corrected chi connectivity index (χ4v) is 1.92. The normalized spacial score (nSPS) is 9.93. The zero-order valence-electron chi connectivity index (χ0n) is 8.88. The Labute approximate surface area is 104 Å². The molecule has 0 N–H and O–H groups in total. The van der Waals surface area contributed by atoms with Gasteiger partial charge < -0.3 is 4.48 Å². The summed E-state index contributed by atoms with van der Waals surface area (Å²) in [4.78, 5) is 4.17. The zero-order chi connectivity index (χ0) is 11.6. The highest BCUT2D eigenvalue weighted by Gasteiger charge is 2.10. The van der Waals surface area contributed by atoms with Gasteiger partial charge in [-0.1, -0.05) is 25.4 Å². The Hall–Kier alpha value is -0.475. The topological polar surface area (TPSA) is 17.8 Å². The summed E-state index contributed by atoms with van der Waals surface area (Å²) in [5.41, 5.74) is 1.72. The van der Waals surface area contributed by atoms with E-state index in [1.807, 2.05) is 20.8 Å². The van der Waals surface area contributed by atoms with Crippen molar-refractivity contribution in [1.82, 2.24) is 9.46 Å². The molecule has 0 bridgehead atoms. The van der Waals surface area contributed by atoms with Crippen molar-refractivity contribution in [3.63, 3.8) is 0 Å². The summed E-state index contributed by atoms with van der Waals surface area (Å²) in [5.74, 6) is 0. The molecule has 5 heteroatoms. The van der Waals surface area contributed by atoms with Crippen LogP contribution >= 0.6 is 27.5 Å². The van der Waals surface area contributed by atoms with Crippen molar-refractivity contribution in [2.45, 2.75) is 20.8 Å². The molecule has 0 atom stereocenters. The monoisotopic (exact) mass is 284 g/mol. The lowest BCUT2D eigenvalue weighted by Gasteiger charge is -1.99. The van der Waals surface area contributed by atoms with Crippen LogP contribution in [0.3, 0.4) is 0 Å². The summed E-state index contributed by atoms with van der Waals surface area (Å²) in [6, 6.07) is 0. The van der Waals surface area contributed by atoms with Gasteiger partial charge in [0.05, 0.1) is 9.50 Å². The lowest BCUT2D eigenvalue weighted by Crippen LogP contribution is -1.90. The van der Waals surface area contributed by atoms with Crippen molar-refractivity contribution < 1.29 is 0 Å². The van der Waals surface area contributed by atoms with Gasteiger partial charge in [-0.15, -0.1) is 0 Å². The van der Waals surface area contributed by atoms with Gasteiger partial charge in [0.1, 0.15) is 5.65 Å². The molecule has 0 unspecified atom stereocenters. The van der Waals surface area contributed by atoms with E-state index in [4.69, 9.17) is 19.6 Å². The number of nitrogens with zero attached hydrogens (tertiary/aromatic N) is 2. The first-order valence-corrected chi connectivity index (χ1v) is 5.85. The molecule has 15 heavy (non-hydrogen) atoms. The molecule has 78 valence electrons. The number of pyridine rings is 1. The molecular weight excluding hydrogens is 274 g/mol. The van der Waals surface area contributed by atoms with Crippen molar-refractivity contribution in [3.8, 4) is 0 Å². The van der Waals surface area contributed by atoms with Crippen LogP contribution in [0.4, 0.5) is 0 Å². The third-order valence-corrected chi connectivity index (χ3v) is 3.15. The molecule has 2 heterocycles. The van der Waals surface area contributed by atoms with Gasteiger partial charge >= 0.3 is 0 Å². The Balaban J connectivity index is 0.000000531. The second kappa shape index (κ2) is 5.04. The number of halogens is 2. The average Bonchev–Trinajstić information content (AvgIpc) is 2.51. The van der Waals surface area contributed by atoms with Crippen LogP contribution in [0.2, 0.25) is 5.02 Å². The van der Waals surface area contributed by atoms with E-state index >= 15 is 0 Å². The number of rotatable bonds is 0. The minimum Gasteiger partial charge on any atom is -0.388 e. The molecule has 0 aromatic carbocycles. The third-order valence-electron chi connectivity index (χ3n) is 1.92. The average molecular weight is 285 g/mol. The van der Waals surface area contributed by atoms with Gasteiger partial charge in [0.2, 0.25) is 7.98 Å². The van der Waals surface area contributed by atoms with E-state index in [1.54, 1.807) is 12.4 Å². The number of aromatic nitrogens is 2. The maximum Gasteiger partial charge on any atom is 0.236 e. The van der Waals surface area contributed by atoms with Crippen LogP contribution in [0, 0.1) is 6.92 Å². The fourth-order valence-electron chi connectivity index (χ4n) is 1.34. The van der Waals surface area contributed by atoms with Crippen LogP contribution in [0.1, 0.15) is 19.4 Å². The largest absolute Gasteiger partial charge is 0.388 e. The van der Waals surface area contributed by atoms with Crippen LogP contribution in [-0.2, 0) is 0 Å². The van der Waals surface area contributed by atoms with Gasteiger partial charge in [-0.25, -0.2) is 4.98 Å². The van der Waals surface area contributed by atoms with Gasteiger partial charge in [-0.2, -0.15) is 0 Å². The fraction of sp³-hybridized carbons (Fsp3) is 0.300. The molecule has 2 rings (SSSR count). The standard InChI is InChI=1S/C8H5BBrClN2.C2H6/c1-4-3-13(9)8-6(4)7(11)5(10)2-12-8;1-2/h2-3H,1H3;1-2H3. The summed E-state index contributed by atoms with van der Waals surface area (Å²) >= 11 is 9.40. The molecule has 2 radical (unpaired) electrons. The van der Waals surface area contributed by atoms with Crippen molar-refractivity contribution in [3.05, 3.63) is 27.5 Å². The molecule has 0 saturated heterocycles. The Morgan fingerprint density at radius 1 is 1.47 bits per heavy atom. The van der Waals surface area contributed by atoms with Crippen LogP contribution in [0.5, 0.6) is 0 Å². The van der Waals surface area contributed by atoms with Gasteiger partial charge in [0, 0.05) is 11.6 Å². The van der Waals surface area contributed by atoms with Crippen LogP contribution in [0.25, 0.3) is 11.0 Å². The van der Waals surface area contributed by atoms with E-state index in [0.29, 0.717) is 10.7 Å². The number of hydrogen-bond acceptors (Lipinski definition) is 1. The Kier molecular flexibility index (Phi) is 4.23. The number of aryl methyl sites for hydroxylation is 1. The van der Waals surface area contributed by atoms with E-state index in [2.05, 4.69) is 20.9 Å². The third kappa shape index (κ3) is 2.21. The zero-order valence-corrected chi connectivity index (χ0v) is 11.2. The highest BCUT2D eigenvalue weighted by Crippen LogP contribution is 2.31. The summed E-state index contributed by atoms with van der Waals surface area (Å²) < 4.78 is 2.26. The van der Waals surface area contributed by atoms with Crippen molar-refractivity contribution >= 4 is 46.5 Å². The molecule has 0 aliphatic heterocycles. The smallest absolute Gasteiger partial charge is 0.236 e. The predicted molar refractivity (Wildman–Crippen MR) is 69.7 cm³/mol. The van der Waals surface area contributed by atoms with E-state index in [0.717, 1.165) is 15.4 Å². The predicted octanol–water partition coefficient (Wildman–Crippen LogP) is 3.72. The van der Waals surface area contributed by atoms with Crippen LogP contribution < -0.4 is 0 Å². The quantitative estimate of drug-likeness (QED) is 0.675. The van der Waals surface area contributed by atoms with E-state index in [9.17, 15) is 0 Å². The van der Waals surface area contributed by atoms with Gasteiger partial charge in [-0.05, 0) is 34.6 Å². The summed E-state index contributed by atoms with van der Waals surface area (Å²) in [7, 11) is 5.68. The first-order chi connectivity index (χ1) is 7.11. The maximum atomic E-state index is 6.09. The van der Waals surface area contributed by atoms with Crippen molar-refractivity contribution in [1.29, 1.82) is 0 Å². The molecule has 0 aliphatic rings. The Morgan fingerprint density at radius 3 is 2.67 bits per heavy atom. The number of hydrogen-bond donors (Lipinski definition) is 0. The van der Waals surface area contributed by atoms with Crippen LogP contribution in [0.15, 0.2) is 16.9 Å². The van der Waals surface area contributed by atoms with E-state index in [-0.39, 0.29) is 0 Å². The summed E-state index contributed by atoms with van der Waals surface area (Å²) in [5, 5.41) is 1.56. The molecule has 2 aromatic heterocycles. The van der Waals surface area contributed by atoms with E-state index < -0.39 is 0 Å². The maximum absolute atomic E-state index is 6.09. The molecular formula is C10H11BBrClN2. The van der Waals surface area contributed by atoms with Crippen molar-refractivity contribution in [2.24, 2.45) is 0 Å². The minimum atomic E-state index is 0.659. The lowest BCUT2D eigenvalue weighted by atomic mass is 10.2. The summed E-state index contributed by atoms with van der Waals surface area (Å²) in [6.45, 7) is 5.95. The molecule has 0 amide bonds.